The summed E-state index contributed by atoms with van der Waals surface area (Å²) in [6, 6.07) is 11.9. The van der Waals surface area contributed by atoms with Crippen LogP contribution in [-0.4, -0.2) is 15.8 Å². The molecule has 0 bridgehead atoms. The number of amides is 1. The van der Waals surface area contributed by atoms with E-state index < -0.39 is 11.8 Å². The van der Waals surface area contributed by atoms with Crippen molar-refractivity contribution in [3.63, 3.8) is 0 Å². The third-order valence-electron chi connectivity index (χ3n) is 3.09. The van der Waals surface area contributed by atoms with Crippen LogP contribution in [0.2, 0.25) is 5.02 Å². The zero-order valence-corrected chi connectivity index (χ0v) is 12.5. The molecule has 0 aliphatic rings. The van der Waals surface area contributed by atoms with Crippen LogP contribution in [0.1, 0.15) is 0 Å². The smallest absolute Gasteiger partial charge is 0.339 e. The molecule has 0 fully saturated rings. The number of nitrogens with zero attached hydrogens (tertiary/aromatic N) is 2. The number of ether oxygens (including phenoxy) is 1. The maximum atomic E-state index is 13.0. The van der Waals surface area contributed by atoms with E-state index in [-0.39, 0.29) is 5.02 Å². The number of carbonyl (C=O) groups is 1. The molecule has 0 saturated carbocycles. The molecule has 116 valence electrons. The third-order valence-corrected chi connectivity index (χ3v) is 3.38. The molecule has 5 nitrogen and oxygen atoms in total. The maximum absolute atomic E-state index is 13.0. The van der Waals surface area contributed by atoms with Crippen molar-refractivity contribution in [2.24, 2.45) is 5.73 Å². The summed E-state index contributed by atoms with van der Waals surface area (Å²) in [4.78, 5) is 11.0. The number of nitrogens with two attached hydrogens (primary N) is 1. The Balaban J connectivity index is 1.80. The second-order valence-corrected chi connectivity index (χ2v) is 5.09. The molecule has 0 radical (unpaired) electrons. The second-order valence-electron chi connectivity index (χ2n) is 4.68. The summed E-state index contributed by atoms with van der Waals surface area (Å²) in [7, 11) is 0. The van der Waals surface area contributed by atoms with E-state index in [4.69, 9.17) is 22.1 Å². The highest BCUT2D eigenvalue weighted by atomic mass is 35.5. The topological polar surface area (TPSA) is 70.1 Å². The Kier molecular flexibility index (Phi) is 3.99. The van der Waals surface area contributed by atoms with Gasteiger partial charge in [0, 0.05) is 11.8 Å². The van der Waals surface area contributed by atoms with Gasteiger partial charge in [-0.25, -0.2) is 9.18 Å². The highest BCUT2D eigenvalue weighted by Gasteiger charge is 2.07. The molecular weight excluding hydrogens is 321 g/mol. The van der Waals surface area contributed by atoms with Crippen LogP contribution in [-0.2, 0) is 0 Å². The molecule has 0 spiro atoms. The molecule has 3 rings (SSSR count). The molecule has 3 aromatic rings. The average Bonchev–Trinajstić information content (AvgIpc) is 3.01. The predicted octanol–water partition coefficient (Wildman–Crippen LogP) is 4.06. The summed E-state index contributed by atoms with van der Waals surface area (Å²) in [5.41, 5.74) is 6.54. The molecule has 2 aromatic carbocycles. The summed E-state index contributed by atoms with van der Waals surface area (Å²) in [5, 5.41) is 4.25. The lowest BCUT2D eigenvalue weighted by Gasteiger charge is -2.08. The van der Waals surface area contributed by atoms with E-state index in [2.05, 4.69) is 5.10 Å². The van der Waals surface area contributed by atoms with Gasteiger partial charge in [-0.05, 0) is 48.5 Å². The van der Waals surface area contributed by atoms with E-state index in [1.165, 1.54) is 24.4 Å². The van der Waals surface area contributed by atoms with Gasteiger partial charge in [0.25, 0.3) is 0 Å². The lowest BCUT2D eigenvalue weighted by Crippen LogP contribution is -2.19. The van der Waals surface area contributed by atoms with Crippen molar-refractivity contribution in [3.05, 3.63) is 65.6 Å². The van der Waals surface area contributed by atoms with E-state index in [0.29, 0.717) is 17.2 Å². The highest BCUT2D eigenvalue weighted by Crippen LogP contribution is 2.30. The third kappa shape index (κ3) is 3.32. The first-order chi connectivity index (χ1) is 11.0. The molecule has 0 unspecified atom stereocenters. The number of primary amides is 1. The number of carbonyl (C=O) groups excluding carboxylic acids is 1. The van der Waals surface area contributed by atoms with Crippen molar-refractivity contribution < 1.29 is 13.9 Å². The fourth-order valence-corrected chi connectivity index (χ4v) is 2.19. The van der Waals surface area contributed by atoms with E-state index in [1.807, 2.05) is 0 Å². The van der Waals surface area contributed by atoms with Crippen molar-refractivity contribution in [1.82, 2.24) is 9.78 Å². The van der Waals surface area contributed by atoms with Crippen LogP contribution in [0.15, 0.2) is 54.7 Å². The second kappa shape index (κ2) is 6.10. The first-order valence-electron chi connectivity index (χ1n) is 6.62. The van der Waals surface area contributed by atoms with Gasteiger partial charge >= 0.3 is 6.03 Å². The van der Waals surface area contributed by atoms with Crippen LogP contribution in [0.5, 0.6) is 11.5 Å². The number of hydrogen-bond acceptors (Lipinski definition) is 3. The Labute approximate surface area is 136 Å². The molecule has 0 saturated heterocycles. The van der Waals surface area contributed by atoms with Crippen molar-refractivity contribution in [2.45, 2.75) is 0 Å². The zero-order chi connectivity index (χ0) is 16.4. The van der Waals surface area contributed by atoms with Crippen LogP contribution in [0, 0.1) is 5.82 Å². The minimum atomic E-state index is -0.651. The highest BCUT2D eigenvalue weighted by molar-refractivity contribution is 6.32. The quantitative estimate of drug-likeness (QED) is 0.786. The molecule has 0 aliphatic carbocycles. The first-order valence-corrected chi connectivity index (χ1v) is 6.99. The Morgan fingerprint density at radius 2 is 1.91 bits per heavy atom. The minimum absolute atomic E-state index is 0.189. The molecule has 2 N–H and O–H groups in total. The Morgan fingerprint density at radius 1 is 1.17 bits per heavy atom. The fourth-order valence-electron chi connectivity index (χ4n) is 1.98. The van der Waals surface area contributed by atoms with Crippen LogP contribution in [0.4, 0.5) is 9.18 Å². The van der Waals surface area contributed by atoms with Gasteiger partial charge in [-0.1, -0.05) is 11.6 Å². The van der Waals surface area contributed by atoms with Crippen LogP contribution < -0.4 is 10.5 Å². The lowest BCUT2D eigenvalue weighted by atomic mass is 10.1. The Bertz CT molecular complexity index is 862. The first kappa shape index (κ1) is 15.1. The molecule has 7 heteroatoms. The molecule has 23 heavy (non-hydrogen) atoms. The number of benzene rings is 2. The maximum Gasteiger partial charge on any atom is 0.339 e. The van der Waals surface area contributed by atoms with Crippen molar-refractivity contribution in [1.29, 1.82) is 0 Å². The molecule has 1 amide bonds. The molecule has 1 aromatic heterocycles. The number of aromatic nitrogens is 2. The van der Waals surface area contributed by atoms with Gasteiger partial charge in [0.15, 0.2) is 0 Å². The molecule has 0 atom stereocenters. The SMILES string of the molecule is NC(=O)n1ccc(-c2ccc(Oc3ccc(F)cc3Cl)cc2)n1. The van der Waals surface area contributed by atoms with Gasteiger partial charge in [-0.15, -0.1) is 0 Å². The number of halogens is 2. The Hall–Kier alpha value is -2.86. The Morgan fingerprint density at radius 3 is 2.52 bits per heavy atom. The summed E-state index contributed by atoms with van der Waals surface area (Å²) in [6.45, 7) is 0. The molecular formula is C16H11ClFN3O2. The molecule has 0 aliphatic heterocycles. The molecule has 1 heterocycles. The average molecular weight is 332 g/mol. The van der Waals surface area contributed by atoms with Gasteiger partial charge in [-0.3, -0.25) is 0 Å². The summed E-state index contributed by atoms with van der Waals surface area (Å²) >= 11 is 5.92. The van der Waals surface area contributed by atoms with Crippen molar-refractivity contribution >= 4 is 17.6 Å². The number of rotatable bonds is 3. The van der Waals surface area contributed by atoms with Gasteiger partial charge in [0.2, 0.25) is 0 Å². The number of hydrogen-bond donors (Lipinski definition) is 1. The monoisotopic (exact) mass is 331 g/mol. The van der Waals surface area contributed by atoms with Crippen molar-refractivity contribution in [3.8, 4) is 22.8 Å². The summed E-state index contributed by atoms with van der Waals surface area (Å²) < 4.78 is 19.7. The van der Waals surface area contributed by atoms with E-state index in [1.54, 1.807) is 30.3 Å². The summed E-state index contributed by atoms with van der Waals surface area (Å²) in [6.07, 6.45) is 1.49. The predicted molar refractivity (Wildman–Crippen MR) is 84.1 cm³/mol. The van der Waals surface area contributed by atoms with Gasteiger partial charge in [0.1, 0.15) is 17.3 Å². The normalized spacial score (nSPS) is 10.5. The van der Waals surface area contributed by atoms with Crippen LogP contribution >= 0.6 is 11.6 Å². The van der Waals surface area contributed by atoms with Crippen LogP contribution in [0.3, 0.4) is 0 Å². The van der Waals surface area contributed by atoms with Crippen LogP contribution in [0.25, 0.3) is 11.3 Å². The standard InChI is InChI=1S/C16H11ClFN3O2/c17-13-9-11(18)3-6-15(13)23-12-4-1-10(2-5-12)14-7-8-21(20-14)16(19)22/h1-9H,(H2,19,22). The van der Waals surface area contributed by atoms with Gasteiger partial charge in [0.05, 0.1) is 10.7 Å². The van der Waals surface area contributed by atoms with E-state index in [9.17, 15) is 9.18 Å². The van der Waals surface area contributed by atoms with Crippen molar-refractivity contribution in [2.75, 3.05) is 0 Å². The zero-order valence-electron chi connectivity index (χ0n) is 11.7. The summed E-state index contributed by atoms with van der Waals surface area (Å²) in [5.74, 6) is 0.471. The largest absolute Gasteiger partial charge is 0.456 e. The minimum Gasteiger partial charge on any atom is -0.456 e. The van der Waals surface area contributed by atoms with Gasteiger partial charge < -0.3 is 10.5 Å². The van der Waals surface area contributed by atoms with Gasteiger partial charge in [-0.2, -0.15) is 9.78 Å². The lowest BCUT2D eigenvalue weighted by molar-refractivity contribution is 0.248. The fraction of sp³-hybridized carbons (Fsp3) is 0. The van der Waals surface area contributed by atoms with E-state index >= 15 is 0 Å². The van der Waals surface area contributed by atoms with E-state index in [0.717, 1.165) is 10.2 Å².